The maximum absolute atomic E-state index is 12.4. The van der Waals surface area contributed by atoms with E-state index >= 15 is 0 Å². The standard InChI is InChI=1S/C13H20BrN3O3S/c1-20-12-8-10(14)11(15)9-13(12)21(18,19)16-4-7-17-5-2-3-6-17/h8-9,16H,2-7,15H2,1H3. The van der Waals surface area contributed by atoms with Crippen LogP contribution in [0.15, 0.2) is 21.5 Å². The number of hydrogen-bond donors (Lipinski definition) is 2. The molecule has 0 unspecified atom stereocenters. The normalized spacial score (nSPS) is 16.3. The van der Waals surface area contributed by atoms with Gasteiger partial charge in [0.05, 0.1) is 7.11 Å². The summed E-state index contributed by atoms with van der Waals surface area (Å²) in [7, 11) is -2.20. The van der Waals surface area contributed by atoms with Gasteiger partial charge in [-0.3, -0.25) is 0 Å². The molecule has 1 heterocycles. The maximum Gasteiger partial charge on any atom is 0.244 e. The molecule has 8 heteroatoms. The van der Waals surface area contributed by atoms with E-state index in [2.05, 4.69) is 25.6 Å². The smallest absolute Gasteiger partial charge is 0.244 e. The Hall–Kier alpha value is -0.830. The van der Waals surface area contributed by atoms with E-state index in [-0.39, 0.29) is 10.6 Å². The highest BCUT2D eigenvalue weighted by molar-refractivity contribution is 9.10. The summed E-state index contributed by atoms with van der Waals surface area (Å²) in [5.74, 6) is 0.268. The molecule has 1 aromatic rings. The molecule has 6 nitrogen and oxygen atoms in total. The highest BCUT2D eigenvalue weighted by Crippen LogP contribution is 2.32. The first-order chi connectivity index (χ1) is 9.94. The lowest BCUT2D eigenvalue weighted by Gasteiger charge is -2.16. The third-order valence-electron chi connectivity index (χ3n) is 3.49. The molecular weight excluding hydrogens is 358 g/mol. The lowest BCUT2D eigenvalue weighted by atomic mass is 10.3. The molecule has 118 valence electrons. The van der Waals surface area contributed by atoms with Crippen LogP contribution in [-0.4, -0.2) is 46.6 Å². The number of ether oxygens (including phenoxy) is 1. The fraction of sp³-hybridized carbons (Fsp3) is 0.538. The summed E-state index contributed by atoms with van der Waals surface area (Å²) in [5, 5.41) is 0. The maximum atomic E-state index is 12.4. The average Bonchev–Trinajstić information content (AvgIpc) is 2.94. The van der Waals surface area contributed by atoms with E-state index in [1.54, 1.807) is 6.07 Å². The number of nitrogens with zero attached hydrogens (tertiary/aromatic N) is 1. The van der Waals surface area contributed by atoms with E-state index in [4.69, 9.17) is 10.5 Å². The van der Waals surface area contributed by atoms with Gasteiger partial charge < -0.3 is 15.4 Å². The van der Waals surface area contributed by atoms with E-state index in [0.29, 0.717) is 23.2 Å². The first-order valence-electron chi connectivity index (χ1n) is 6.79. The highest BCUT2D eigenvalue weighted by atomic mass is 79.9. The van der Waals surface area contributed by atoms with Crippen LogP contribution in [0.4, 0.5) is 5.69 Å². The minimum Gasteiger partial charge on any atom is -0.495 e. The van der Waals surface area contributed by atoms with Gasteiger partial charge in [-0.2, -0.15) is 0 Å². The van der Waals surface area contributed by atoms with Gasteiger partial charge in [-0.25, -0.2) is 13.1 Å². The summed E-state index contributed by atoms with van der Waals surface area (Å²) in [5.41, 5.74) is 6.12. The van der Waals surface area contributed by atoms with Crippen LogP contribution < -0.4 is 15.2 Å². The molecule has 0 radical (unpaired) electrons. The van der Waals surface area contributed by atoms with Crippen molar-refractivity contribution in [2.24, 2.45) is 0 Å². The molecule has 0 amide bonds. The molecule has 0 aliphatic carbocycles. The molecule has 1 fully saturated rings. The van der Waals surface area contributed by atoms with Gasteiger partial charge in [0.15, 0.2) is 0 Å². The van der Waals surface area contributed by atoms with Crippen molar-refractivity contribution in [3.05, 3.63) is 16.6 Å². The second kappa shape index (κ2) is 6.95. The summed E-state index contributed by atoms with van der Waals surface area (Å²) in [6.45, 7) is 3.17. The van der Waals surface area contributed by atoms with Gasteiger partial charge >= 0.3 is 0 Å². The molecule has 21 heavy (non-hydrogen) atoms. The van der Waals surface area contributed by atoms with Gasteiger partial charge in [-0.05, 0) is 54.0 Å². The van der Waals surface area contributed by atoms with Crippen molar-refractivity contribution >= 4 is 31.6 Å². The van der Waals surface area contributed by atoms with Crippen molar-refractivity contribution in [3.8, 4) is 5.75 Å². The van der Waals surface area contributed by atoms with Crippen molar-refractivity contribution in [3.63, 3.8) is 0 Å². The second-order valence-corrected chi connectivity index (χ2v) is 7.56. The van der Waals surface area contributed by atoms with Gasteiger partial charge in [0.25, 0.3) is 0 Å². The van der Waals surface area contributed by atoms with E-state index in [9.17, 15) is 8.42 Å². The van der Waals surface area contributed by atoms with Crippen LogP contribution in [0.25, 0.3) is 0 Å². The lowest BCUT2D eigenvalue weighted by molar-refractivity contribution is 0.344. The summed E-state index contributed by atoms with van der Waals surface area (Å²) < 4.78 is 33.1. The Bertz CT molecular complexity index is 601. The summed E-state index contributed by atoms with van der Waals surface area (Å²) in [6, 6.07) is 2.96. The molecule has 1 saturated heterocycles. The Balaban J connectivity index is 2.09. The number of hydrogen-bond acceptors (Lipinski definition) is 5. The third kappa shape index (κ3) is 4.09. The fourth-order valence-corrected chi connectivity index (χ4v) is 3.87. The molecule has 1 aromatic carbocycles. The Morgan fingerprint density at radius 1 is 1.38 bits per heavy atom. The van der Waals surface area contributed by atoms with Crippen LogP contribution in [0.2, 0.25) is 0 Å². The summed E-state index contributed by atoms with van der Waals surface area (Å²) in [6.07, 6.45) is 2.37. The Kier molecular flexibility index (Phi) is 5.48. The van der Waals surface area contributed by atoms with Crippen LogP contribution in [-0.2, 0) is 10.0 Å². The molecule has 0 bridgehead atoms. The SMILES string of the molecule is COc1cc(Br)c(N)cc1S(=O)(=O)NCCN1CCCC1. The van der Waals surface area contributed by atoms with Gasteiger partial charge in [-0.1, -0.05) is 0 Å². The molecule has 3 N–H and O–H groups in total. The number of nitrogens with two attached hydrogens (primary N) is 1. The molecule has 0 atom stereocenters. The first kappa shape index (κ1) is 16.5. The Morgan fingerprint density at radius 3 is 2.67 bits per heavy atom. The third-order valence-corrected chi connectivity index (χ3v) is 5.66. The zero-order chi connectivity index (χ0) is 15.5. The van der Waals surface area contributed by atoms with Crippen LogP contribution in [0.1, 0.15) is 12.8 Å². The number of nitrogens with one attached hydrogen (secondary N) is 1. The highest BCUT2D eigenvalue weighted by Gasteiger charge is 2.21. The average molecular weight is 378 g/mol. The molecule has 0 saturated carbocycles. The van der Waals surface area contributed by atoms with Crippen molar-refractivity contribution in [2.45, 2.75) is 17.7 Å². The molecule has 0 spiro atoms. The van der Waals surface area contributed by atoms with Crippen molar-refractivity contribution in [1.82, 2.24) is 9.62 Å². The number of benzene rings is 1. The number of halogens is 1. The number of methoxy groups -OCH3 is 1. The van der Waals surface area contributed by atoms with E-state index in [0.717, 1.165) is 13.1 Å². The van der Waals surface area contributed by atoms with Crippen LogP contribution in [0.3, 0.4) is 0 Å². The van der Waals surface area contributed by atoms with E-state index < -0.39 is 10.0 Å². The Morgan fingerprint density at radius 2 is 2.05 bits per heavy atom. The first-order valence-corrected chi connectivity index (χ1v) is 9.06. The number of anilines is 1. The van der Waals surface area contributed by atoms with Crippen molar-refractivity contribution in [2.75, 3.05) is 39.0 Å². The molecule has 2 rings (SSSR count). The van der Waals surface area contributed by atoms with Gasteiger partial charge in [0.1, 0.15) is 10.6 Å². The Labute approximate surface area is 133 Å². The van der Waals surface area contributed by atoms with Crippen LogP contribution in [0, 0.1) is 0 Å². The topological polar surface area (TPSA) is 84.7 Å². The molecule has 1 aliphatic rings. The number of sulfonamides is 1. The predicted molar refractivity (Wildman–Crippen MR) is 86.0 cm³/mol. The molecule has 1 aliphatic heterocycles. The van der Waals surface area contributed by atoms with Gasteiger partial charge in [0, 0.05) is 23.2 Å². The number of rotatable bonds is 6. The lowest BCUT2D eigenvalue weighted by Crippen LogP contribution is -2.33. The minimum absolute atomic E-state index is 0.0621. The van der Waals surface area contributed by atoms with Gasteiger partial charge in [-0.15, -0.1) is 0 Å². The van der Waals surface area contributed by atoms with Crippen molar-refractivity contribution < 1.29 is 13.2 Å². The molecular formula is C13H20BrN3O3S. The zero-order valence-corrected chi connectivity index (χ0v) is 14.3. The minimum atomic E-state index is -3.64. The number of likely N-dealkylation sites (tertiary alicyclic amines) is 1. The monoisotopic (exact) mass is 377 g/mol. The summed E-state index contributed by atoms with van der Waals surface area (Å²) in [4.78, 5) is 2.31. The van der Waals surface area contributed by atoms with Crippen LogP contribution in [0.5, 0.6) is 5.75 Å². The predicted octanol–water partition coefficient (Wildman–Crippen LogP) is 1.41. The van der Waals surface area contributed by atoms with E-state index in [1.165, 1.54) is 26.0 Å². The van der Waals surface area contributed by atoms with Crippen LogP contribution >= 0.6 is 15.9 Å². The quantitative estimate of drug-likeness (QED) is 0.732. The largest absolute Gasteiger partial charge is 0.495 e. The zero-order valence-electron chi connectivity index (χ0n) is 11.9. The molecule has 0 aromatic heterocycles. The number of nitrogen functional groups attached to an aromatic ring is 1. The van der Waals surface area contributed by atoms with Crippen molar-refractivity contribution in [1.29, 1.82) is 0 Å². The second-order valence-electron chi connectivity index (χ2n) is 4.97. The fourth-order valence-electron chi connectivity index (χ4n) is 2.34. The summed E-state index contributed by atoms with van der Waals surface area (Å²) >= 11 is 3.26. The van der Waals surface area contributed by atoms with Gasteiger partial charge in [0.2, 0.25) is 10.0 Å². The van der Waals surface area contributed by atoms with E-state index in [1.807, 2.05) is 0 Å².